The van der Waals surface area contributed by atoms with Gasteiger partial charge >= 0.3 is 129 Å². The van der Waals surface area contributed by atoms with E-state index in [0.29, 0.717) is 22.9 Å². The number of rotatable bonds is 13. The molecule has 0 atom stereocenters. The summed E-state index contributed by atoms with van der Waals surface area (Å²) in [5.41, 5.74) is 6.24. The van der Waals surface area contributed by atoms with Gasteiger partial charge in [-0.2, -0.15) is 0 Å². The number of nitrogens with one attached hydrogen (secondary N) is 3. The second-order valence-electron chi connectivity index (χ2n) is 14.1. The van der Waals surface area contributed by atoms with Crippen molar-refractivity contribution in [1.82, 2.24) is 30.2 Å². The van der Waals surface area contributed by atoms with Crippen molar-refractivity contribution in [2.24, 2.45) is 16.7 Å². The number of H-pyrrole nitrogens is 2. The first-order chi connectivity index (χ1) is 22.1. The predicted molar refractivity (Wildman–Crippen MR) is 182 cm³/mol. The molecular weight excluding hydrogens is 768 g/mol. The van der Waals surface area contributed by atoms with Gasteiger partial charge in [0.15, 0.2) is 0 Å². The number of hydrogen-bond acceptors (Lipinski definition) is 4. The fourth-order valence-electron chi connectivity index (χ4n) is 5.88. The summed E-state index contributed by atoms with van der Waals surface area (Å²) >= 11 is 0.910. The summed E-state index contributed by atoms with van der Waals surface area (Å²) in [7, 11) is 0. The van der Waals surface area contributed by atoms with E-state index in [1.165, 1.54) is 25.7 Å². The Hall–Kier alpha value is -3.46. The molecule has 3 N–H and O–H groups in total. The minimum atomic E-state index is 0.187. The van der Waals surface area contributed by atoms with Crippen molar-refractivity contribution < 1.29 is 9.59 Å². The van der Waals surface area contributed by atoms with Crippen LogP contribution in [0.25, 0.3) is 22.3 Å². The number of carbonyl (C=O) groups is 2. The van der Waals surface area contributed by atoms with Gasteiger partial charge in [-0.1, -0.05) is 32.6 Å². The molecule has 237 valence electrons. The van der Waals surface area contributed by atoms with E-state index < -0.39 is 0 Å². The number of amides is 2. The Morgan fingerprint density at radius 2 is 1.76 bits per heavy atom. The summed E-state index contributed by atoms with van der Waals surface area (Å²) in [5, 5.41) is 3.10. The SMILES string of the molecule is CC(C)CC(=O)N(Cc1nc2ccc(C#Cc3ccc(-c4cnc(CCC5(CNC(=O)[CH2][Pb])CC5)[nH]4)cc3)cc2[nH]1)CC1(C)CC1. The Morgan fingerprint density at radius 1 is 1.02 bits per heavy atom. The number of aromatic nitrogens is 4. The van der Waals surface area contributed by atoms with E-state index in [4.69, 9.17) is 4.98 Å². The van der Waals surface area contributed by atoms with Crippen LogP contribution in [0.2, 0.25) is 3.98 Å². The Kier molecular flexibility index (Phi) is 9.69. The van der Waals surface area contributed by atoms with Crippen LogP contribution in [0.4, 0.5) is 0 Å². The van der Waals surface area contributed by atoms with Crippen molar-refractivity contribution in [1.29, 1.82) is 0 Å². The van der Waals surface area contributed by atoms with Crippen molar-refractivity contribution in [2.45, 2.75) is 76.2 Å². The number of hydrogen-bond donors (Lipinski definition) is 3. The molecule has 0 aliphatic heterocycles. The van der Waals surface area contributed by atoms with E-state index in [1.807, 2.05) is 41.4 Å². The van der Waals surface area contributed by atoms with Gasteiger partial charge in [-0.3, -0.25) is 4.79 Å². The third-order valence-electron chi connectivity index (χ3n) is 9.33. The molecule has 0 saturated heterocycles. The summed E-state index contributed by atoms with van der Waals surface area (Å²) in [4.78, 5) is 43.0. The van der Waals surface area contributed by atoms with Gasteiger partial charge in [-0.15, -0.1) is 0 Å². The van der Waals surface area contributed by atoms with Gasteiger partial charge in [0, 0.05) is 24.1 Å². The van der Waals surface area contributed by atoms with Crippen LogP contribution < -0.4 is 5.32 Å². The topological polar surface area (TPSA) is 107 Å². The molecule has 2 aromatic carbocycles. The minimum Gasteiger partial charge on any atom is -0.340 e. The van der Waals surface area contributed by atoms with Crippen LogP contribution in [-0.2, 0) is 22.6 Å². The van der Waals surface area contributed by atoms with E-state index in [-0.39, 0.29) is 22.6 Å². The molecule has 9 heteroatoms. The number of carbonyl (C=O) groups excluding carboxylic acids is 2. The standard InChI is InChI=1S/C37H43N6O2.Pb/c1-25(2)19-35(45)43(24-36(4)15-16-36)22-34-40-30-12-9-28(20-31(30)41-34)6-5-27-7-10-29(11-8-27)32-21-38-33(42-32)13-14-37(17-18-37)23-39-26(3)44;/h7-12,20-21,25H,3,13-19,22-24H2,1-2,4H3,(H,38,42)(H,39,44)(H,40,41);. The fraction of sp³-hybridized carbons (Fsp3) is 0.459. The van der Waals surface area contributed by atoms with Gasteiger partial charge in [0.05, 0.1) is 17.6 Å². The van der Waals surface area contributed by atoms with E-state index in [0.717, 1.165) is 96.8 Å². The minimum absolute atomic E-state index is 0.187. The molecule has 0 unspecified atom stereocenters. The number of aryl methyl sites for hydroxylation is 1. The number of nitrogens with zero attached hydrogens (tertiary/aromatic N) is 3. The Bertz CT molecular complexity index is 1770. The maximum absolute atomic E-state index is 13.0. The monoisotopic (exact) mass is 811 g/mol. The molecule has 2 fully saturated rings. The molecule has 6 rings (SSSR count). The number of aromatic amines is 2. The second kappa shape index (κ2) is 13.7. The fourth-order valence-corrected chi connectivity index (χ4v) is 6.36. The van der Waals surface area contributed by atoms with Crippen molar-refractivity contribution in [3.63, 3.8) is 0 Å². The smallest absolute Gasteiger partial charge is 0.340 e. The molecule has 2 aliphatic carbocycles. The van der Waals surface area contributed by atoms with Crippen LogP contribution >= 0.6 is 0 Å². The molecule has 2 aliphatic rings. The van der Waals surface area contributed by atoms with Crippen LogP contribution in [0, 0.1) is 28.6 Å². The molecule has 46 heavy (non-hydrogen) atoms. The zero-order valence-corrected chi connectivity index (χ0v) is 31.0. The predicted octanol–water partition coefficient (Wildman–Crippen LogP) is 5.94. The molecule has 2 amide bonds. The molecule has 2 heterocycles. The summed E-state index contributed by atoms with van der Waals surface area (Å²) in [5.74, 6) is 9.11. The van der Waals surface area contributed by atoms with Crippen molar-refractivity contribution >= 4 is 48.6 Å². The number of fused-ring (bicyclic) bond motifs is 1. The second-order valence-corrected chi connectivity index (χ2v) is 15.5. The molecule has 2 saturated carbocycles. The van der Waals surface area contributed by atoms with E-state index in [9.17, 15) is 9.59 Å². The quantitative estimate of drug-likeness (QED) is 0.115. The Labute approximate surface area is 287 Å². The normalized spacial score (nSPS) is 15.8. The maximum atomic E-state index is 13.0. The third kappa shape index (κ3) is 8.46. The molecule has 0 bridgehead atoms. The summed E-state index contributed by atoms with van der Waals surface area (Å²) in [6.07, 6.45) is 9.10. The summed E-state index contributed by atoms with van der Waals surface area (Å²) in [6, 6.07) is 14.3. The van der Waals surface area contributed by atoms with Gasteiger partial charge in [0.1, 0.15) is 5.82 Å². The van der Waals surface area contributed by atoms with Crippen LogP contribution in [0.5, 0.6) is 0 Å². The Balaban J connectivity index is 1.06. The Morgan fingerprint density at radius 3 is 2.46 bits per heavy atom. The van der Waals surface area contributed by atoms with Crippen LogP contribution in [-0.4, -0.2) is 75.5 Å². The number of benzene rings is 2. The van der Waals surface area contributed by atoms with Crippen LogP contribution in [0.1, 0.15) is 82.1 Å². The van der Waals surface area contributed by atoms with Crippen molar-refractivity contribution in [3.05, 3.63) is 71.4 Å². The molecule has 4 aromatic rings. The average molecular weight is 811 g/mol. The molecule has 0 spiro atoms. The average Bonchev–Trinajstić information content (AvgIpc) is 3.87. The molecule has 3 radical (unpaired) electrons. The van der Waals surface area contributed by atoms with E-state index in [1.54, 1.807) is 0 Å². The van der Waals surface area contributed by atoms with Gasteiger partial charge in [0.25, 0.3) is 0 Å². The van der Waals surface area contributed by atoms with Gasteiger partial charge < -0.3 is 9.88 Å². The zero-order valence-electron chi connectivity index (χ0n) is 27.1. The van der Waals surface area contributed by atoms with Gasteiger partial charge in [0.2, 0.25) is 5.91 Å². The van der Waals surface area contributed by atoms with E-state index >= 15 is 0 Å². The first-order valence-corrected chi connectivity index (χ1v) is 19.2. The first kappa shape index (κ1) is 32.5. The molecule has 2 aromatic heterocycles. The zero-order chi connectivity index (χ0) is 32.3. The van der Waals surface area contributed by atoms with Gasteiger partial charge in [-0.05, 0) is 54.5 Å². The molecule has 8 nitrogen and oxygen atoms in total. The van der Waals surface area contributed by atoms with Gasteiger partial charge in [-0.25, -0.2) is 4.98 Å². The van der Waals surface area contributed by atoms with Crippen LogP contribution in [0.15, 0.2) is 48.7 Å². The third-order valence-corrected chi connectivity index (χ3v) is 10.6. The summed E-state index contributed by atoms with van der Waals surface area (Å²) < 4.78 is 0.673. The van der Waals surface area contributed by atoms with E-state index in [2.05, 4.69) is 65.0 Å². The first-order valence-electron chi connectivity index (χ1n) is 16.5. The van der Waals surface area contributed by atoms with Crippen LogP contribution in [0.3, 0.4) is 0 Å². The van der Waals surface area contributed by atoms with Crippen molar-refractivity contribution in [3.8, 4) is 23.1 Å². The van der Waals surface area contributed by atoms with Crippen molar-refractivity contribution in [2.75, 3.05) is 13.1 Å². The summed E-state index contributed by atoms with van der Waals surface area (Å²) in [6.45, 7) is 8.52. The molecular formula is C37H43N6O2Pb. The number of imidazole rings is 2.